The number of hydrogen-bond acceptors (Lipinski definition) is 3. The number of aromatic nitrogens is 3. The van der Waals surface area contributed by atoms with Gasteiger partial charge in [0.05, 0.1) is 6.54 Å². The third-order valence-corrected chi connectivity index (χ3v) is 3.55. The maximum Gasteiger partial charge on any atom is 0.321 e. The van der Waals surface area contributed by atoms with Crippen molar-refractivity contribution >= 4 is 11.7 Å². The summed E-state index contributed by atoms with van der Waals surface area (Å²) in [5.41, 5.74) is 0.984. The minimum absolute atomic E-state index is 0.232. The van der Waals surface area contributed by atoms with Gasteiger partial charge in [-0.05, 0) is 35.9 Å². The van der Waals surface area contributed by atoms with E-state index in [0.29, 0.717) is 17.1 Å². The summed E-state index contributed by atoms with van der Waals surface area (Å²) in [5.74, 6) is -0.463. The third kappa shape index (κ3) is 3.97. The molecule has 0 aliphatic carbocycles. The first kappa shape index (κ1) is 16.6. The molecule has 2 aromatic carbocycles. The summed E-state index contributed by atoms with van der Waals surface area (Å²) in [5, 5.41) is 8.95. The Kier molecular flexibility index (Phi) is 4.69. The van der Waals surface area contributed by atoms with E-state index in [0.717, 1.165) is 0 Å². The van der Waals surface area contributed by atoms with Crippen LogP contribution in [0.3, 0.4) is 0 Å². The average molecular weight is 343 g/mol. The highest BCUT2D eigenvalue weighted by Crippen LogP contribution is 2.26. The SMILES string of the molecule is CN(Cc1ncn[nH]1)C(=O)Nc1ccc(-c2cccc(F)c2)c(F)c1. The number of anilines is 1. The molecule has 0 bridgehead atoms. The summed E-state index contributed by atoms with van der Waals surface area (Å²) in [6.45, 7) is 0.232. The highest BCUT2D eigenvalue weighted by molar-refractivity contribution is 5.89. The summed E-state index contributed by atoms with van der Waals surface area (Å²) >= 11 is 0. The lowest BCUT2D eigenvalue weighted by Crippen LogP contribution is -2.31. The quantitative estimate of drug-likeness (QED) is 0.762. The molecule has 0 atom stereocenters. The van der Waals surface area contributed by atoms with E-state index in [1.807, 2.05) is 0 Å². The van der Waals surface area contributed by atoms with Crippen LogP contribution in [0.25, 0.3) is 11.1 Å². The molecule has 0 saturated carbocycles. The molecule has 0 saturated heterocycles. The molecule has 0 aliphatic rings. The van der Waals surface area contributed by atoms with Crippen LogP contribution in [0.1, 0.15) is 5.82 Å². The van der Waals surface area contributed by atoms with E-state index in [4.69, 9.17) is 0 Å². The van der Waals surface area contributed by atoms with Crippen molar-refractivity contribution in [1.82, 2.24) is 20.1 Å². The normalized spacial score (nSPS) is 10.5. The van der Waals surface area contributed by atoms with E-state index in [2.05, 4.69) is 20.5 Å². The molecule has 6 nitrogen and oxygen atoms in total. The first-order valence-corrected chi connectivity index (χ1v) is 7.45. The van der Waals surface area contributed by atoms with Crippen molar-refractivity contribution in [3.8, 4) is 11.1 Å². The van der Waals surface area contributed by atoms with E-state index < -0.39 is 17.7 Å². The molecular formula is C17H15F2N5O. The number of carbonyl (C=O) groups excluding carboxylic acids is 1. The fourth-order valence-corrected chi connectivity index (χ4v) is 2.31. The molecule has 8 heteroatoms. The highest BCUT2D eigenvalue weighted by atomic mass is 19.1. The van der Waals surface area contributed by atoms with Crippen molar-refractivity contribution in [2.75, 3.05) is 12.4 Å². The molecule has 25 heavy (non-hydrogen) atoms. The summed E-state index contributed by atoms with van der Waals surface area (Å²) in [6, 6.07) is 9.50. The maximum absolute atomic E-state index is 14.3. The van der Waals surface area contributed by atoms with Crippen LogP contribution < -0.4 is 5.32 Å². The van der Waals surface area contributed by atoms with Gasteiger partial charge >= 0.3 is 6.03 Å². The minimum Gasteiger partial charge on any atom is -0.320 e. The Bertz CT molecular complexity index is 883. The molecule has 0 spiro atoms. The van der Waals surface area contributed by atoms with Crippen LogP contribution >= 0.6 is 0 Å². The lowest BCUT2D eigenvalue weighted by atomic mass is 10.0. The monoisotopic (exact) mass is 343 g/mol. The number of H-pyrrole nitrogens is 1. The Balaban J connectivity index is 1.71. The summed E-state index contributed by atoms with van der Waals surface area (Å²) < 4.78 is 27.6. The maximum atomic E-state index is 14.3. The number of benzene rings is 2. The van der Waals surface area contributed by atoms with Crippen LogP contribution in [0.15, 0.2) is 48.8 Å². The van der Waals surface area contributed by atoms with Gasteiger partial charge in [-0.2, -0.15) is 5.10 Å². The highest BCUT2D eigenvalue weighted by Gasteiger charge is 2.13. The van der Waals surface area contributed by atoms with Gasteiger partial charge in [0.2, 0.25) is 0 Å². The van der Waals surface area contributed by atoms with E-state index in [1.165, 1.54) is 41.6 Å². The summed E-state index contributed by atoms with van der Waals surface area (Å²) in [7, 11) is 1.58. The van der Waals surface area contributed by atoms with Crippen LogP contribution in [0, 0.1) is 11.6 Å². The predicted octanol–water partition coefficient (Wildman–Crippen LogP) is 3.41. The fourth-order valence-electron chi connectivity index (χ4n) is 2.31. The number of halogens is 2. The summed E-state index contributed by atoms with van der Waals surface area (Å²) in [4.78, 5) is 17.4. The first-order chi connectivity index (χ1) is 12.0. The standard InChI is InChI=1S/C17H15F2N5O/c1-24(9-16-20-10-21-23-16)17(25)22-13-5-6-14(15(19)8-13)11-3-2-4-12(18)7-11/h2-8,10H,9H2,1H3,(H,22,25)(H,20,21,23). The van der Waals surface area contributed by atoms with Crippen molar-refractivity contribution in [1.29, 1.82) is 0 Å². The van der Waals surface area contributed by atoms with Crippen molar-refractivity contribution < 1.29 is 13.6 Å². The van der Waals surface area contributed by atoms with Crippen LogP contribution in [-0.4, -0.2) is 33.2 Å². The van der Waals surface area contributed by atoms with Gasteiger partial charge in [0.15, 0.2) is 0 Å². The van der Waals surface area contributed by atoms with Gasteiger partial charge in [0.25, 0.3) is 0 Å². The zero-order valence-electron chi connectivity index (χ0n) is 13.3. The van der Waals surface area contributed by atoms with Crippen molar-refractivity contribution in [3.05, 3.63) is 66.3 Å². The van der Waals surface area contributed by atoms with Crippen LogP contribution in [0.4, 0.5) is 19.3 Å². The molecule has 0 radical (unpaired) electrons. The largest absolute Gasteiger partial charge is 0.321 e. The lowest BCUT2D eigenvalue weighted by molar-refractivity contribution is 0.219. The Morgan fingerprint density at radius 3 is 2.76 bits per heavy atom. The van der Waals surface area contributed by atoms with Gasteiger partial charge in [0.1, 0.15) is 23.8 Å². The van der Waals surface area contributed by atoms with Crippen LogP contribution in [0.2, 0.25) is 0 Å². The molecule has 128 valence electrons. The number of hydrogen-bond donors (Lipinski definition) is 2. The van der Waals surface area contributed by atoms with Gasteiger partial charge in [-0.25, -0.2) is 18.6 Å². The molecular weight excluding hydrogens is 328 g/mol. The van der Waals surface area contributed by atoms with Gasteiger partial charge in [-0.15, -0.1) is 0 Å². The van der Waals surface area contributed by atoms with Gasteiger partial charge in [-0.3, -0.25) is 5.10 Å². The van der Waals surface area contributed by atoms with Gasteiger partial charge in [-0.1, -0.05) is 12.1 Å². The molecule has 0 unspecified atom stereocenters. The molecule has 1 heterocycles. The van der Waals surface area contributed by atoms with Crippen molar-refractivity contribution in [3.63, 3.8) is 0 Å². The predicted molar refractivity (Wildman–Crippen MR) is 88.7 cm³/mol. The molecule has 3 aromatic rings. The lowest BCUT2D eigenvalue weighted by Gasteiger charge is -2.17. The van der Waals surface area contributed by atoms with E-state index in [1.54, 1.807) is 19.2 Å². The van der Waals surface area contributed by atoms with Crippen LogP contribution in [0.5, 0.6) is 0 Å². The zero-order chi connectivity index (χ0) is 17.8. The number of nitrogens with one attached hydrogen (secondary N) is 2. The molecule has 0 aliphatic heterocycles. The Labute approximate surface area is 142 Å². The molecule has 2 amide bonds. The molecule has 2 N–H and O–H groups in total. The number of aromatic amines is 1. The molecule has 3 rings (SSSR count). The van der Waals surface area contributed by atoms with E-state index in [9.17, 15) is 13.6 Å². The second-order valence-corrected chi connectivity index (χ2v) is 5.42. The summed E-state index contributed by atoms with van der Waals surface area (Å²) in [6.07, 6.45) is 1.35. The molecule has 1 aromatic heterocycles. The smallest absolute Gasteiger partial charge is 0.320 e. The Morgan fingerprint density at radius 2 is 2.08 bits per heavy atom. The number of amides is 2. The number of urea groups is 1. The first-order valence-electron chi connectivity index (χ1n) is 7.45. The van der Waals surface area contributed by atoms with Gasteiger partial charge < -0.3 is 10.2 Å². The topological polar surface area (TPSA) is 73.9 Å². The van der Waals surface area contributed by atoms with E-state index in [-0.39, 0.29) is 12.1 Å². The minimum atomic E-state index is -0.554. The van der Waals surface area contributed by atoms with Crippen LogP contribution in [-0.2, 0) is 6.54 Å². The number of rotatable bonds is 4. The number of nitrogens with zero attached hydrogens (tertiary/aromatic N) is 3. The van der Waals surface area contributed by atoms with Gasteiger partial charge in [0, 0.05) is 18.3 Å². The average Bonchev–Trinajstić information content (AvgIpc) is 3.08. The van der Waals surface area contributed by atoms with Crippen molar-refractivity contribution in [2.45, 2.75) is 6.54 Å². The zero-order valence-corrected chi connectivity index (χ0v) is 13.3. The van der Waals surface area contributed by atoms with E-state index >= 15 is 0 Å². The molecule has 0 fully saturated rings. The third-order valence-electron chi connectivity index (χ3n) is 3.55. The van der Waals surface area contributed by atoms with Crippen molar-refractivity contribution in [2.24, 2.45) is 0 Å². The second kappa shape index (κ2) is 7.08. The second-order valence-electron chi connectivity index (χ2n) is 5.42. The Hall–Kier alpha value is -3.29. The number of carbonyl (C=O) groups is 1. The Morgan fingerprint density at radius 1 is 1.24 bits per heavy atom. The fraction of sp³-hybridized carbons (Fsp3) is 0.118.